The van der Waals surface area contributed by atoms with E-state index in [1.807, 2.05) is 19.9 Å². The summed E-state index contributed by atoms with van der Waals surface area (Å²) in [6.07, 6.45) is 2.12. The molecule has 0 aliphatic carbocycles. The van der Waals surface area contributed by atoms with Crippen LogP contribution in [0.4, 0.5) is 11.4 Å². The van der Waals surface area contributed by atoms with E-state index in [0.29, 0.717) is 6.04 Å². The van der Waals surface area contributed by atoms with Crippen molar-refractivity contribution in [2.45, 2.75) is 38.8 Å². The molecule has 1 aromatic carbocycles. The molecule has 0 bridgehead atoms. The summed E-state index contributed by atoms with van der Waals surface area (Å²) in [7, 11) is 0. The maximum absolute atomic E-state index is 10.8. The zero-order valence-corrected chi connectivity index (χ0v) is 10.7. The number of non-ortho nitro benzene ring substituents is 1. The van der Waals surface area contributed by atoms with E-state index in [1.54, 1.807) is 12.1 Å². The Labute approximate surface area is 106 Å². The Morgan fingerprint density at radius 3 is 2.89 bits per heavy atom. The van der Waals surface area contributed by atoms with Gasteiger partial charge >= 0.3 is 0 Å². The van der Waals surface area contributed by atoms with Crippen LogP contribution in [-0.4, -0.2) is 23.7 Å². The summed E-state index contributed by atoms with van der Waals surface area (Å²) < 4.78 is 5.48. The van der Waals surface area contributed by atoms with Gasteiger partial charge in [-0.3, -0.25) is 10.1 Å². The topological polar surface area (TPSA) is 64.4 Å². The van der Waals surface area contributed by atoms with Gasteiger partial charge in [0.15, 0.2) is 0 Å². The molecule has 1 N–H and O–H groups in total. The Morgan fingerprint density at radius 1 is 1.44 bits per heavy atom. The van der Waals surface area contributed by atoms with Gasteiger partial charge < -0.3 is 10.1 Å². The molecule has 1 aliphatic rings. The van der Waals surface area contributed by atoms with Crippen molar-refractivity contribution in [3.63, 3.8) is 0 Å². The van der Waals surface area contributed by atoms with Crippen molar-refractivity contribution in [2.24, 2.45) is 0 Å². The maximum Gasteiger partial charge on any atom is 0.271 e. The molecular weight excluding hydrogens is 232 g/mol. The van der Waals surface area contributed by atoms with Crippen LogP contribution in [0.5, 0.6) is 0 Å². The van der Waals surface area contributed by atoms with E-state index in [1.165, 1.54) is 0 Å². The van der Waals surface area contributed by atoms with Gasteiger partial charge in [0, 0.05) is 30.5 Å². The summed E-state index contributed by atoms with van der Waals surface area (Å²) in [5.74, 6) is 0. The molecule has 1 saturated heterocycles. The van der Waals surface area contributed by atoms with Crippen LogP contribution in [0.25, 0.3) is 0 Å². The minimum absolute atomic E-state index is 0.137. The van der Waals surface area contributed by atoms with Gasteiger partial charge in [-0.1, -0.05) is 0 Å². The molecule has 2 atom stereocenters. The van der Waals surface area contributed by atoms with Crippen molar-refractivity contribution >= 4 is 11.4 Å². The SMILES string of the molecule is Cc1cc(NC2CCOC(C)C2)cc([N+](=O)[O-])c1. The first-order chi connectivity index (χ1) is 8.54. The molecule has 0 spiro atoms. The Bertz CT molecular complexity index is 448. The van der Waals surface area contributed by atoms with Crippen LogP contribution in [-0.2, 0) is 4.74 Å². The van der Waals surface area contributed by atoms with Gasteiger partial charge in [0.05, 0.1) is 11.0 Å². The van der Waals surface area contributed by atoms with Crippen LogP contribution in [0.1, 0.15) is 25.3 Å². The molecule has 1 fully saturated rings. The highest BCUT2D eigenvalue weighted by Gasteiger charge is 2.19. The van der Waals surface area contributed by atoms with Crippen molar-refractivity contribution in [2.75, 3.05) is 11.9 Å². The lowest BCUT2D eigenvalue weighted by Gasteiger charge is -2.28. The van der Waals surface area contributed by atoms with E-state index in [4.69, 9.17) is 4.74 Å². The number of ether oxygens (including phenoxy) is 1. The van der Waals surface area contributed by atoms with Gasteiger partial charge in [-0.25, -0.2) is 0 Å². The van der Waals surface area contributed by atoms with Crippen LogP contribution in [0.3, 0.4) is 0 Å². The highest BCUT2D eigenvalue weighted by atomic mass is 16.6. The number of hydrogen-bond donors (Lipinski definition) is 1. The summed E-state index contributed by atoms with van der Waals surface area (Å²) in [5, 5.41) is 14.2. The van der Waals surface area contributed by atoms with Crippen molar-refractivity contribution in [3.05, 3.63) is 33.9 Å². The average molecular weight is 250 g/mol. The van der Waals surface area contributed by atoms with Gasteiger partial charge in [-0.2, -0.15) is 0 Å². The quantitative estimate of drug-likeness (QED) is 0.661. The number of hydrogen-bond acceptors (Lipinski definition) is 4. The molecule has 98 valence electrons. The smallest absolute Gasteiger partial charge is 0.271 e. The highest BCUT2D eigenvalue weighted by molar-refractivity contribution is 5.54. The number of rotatable bonds is 3. The van der Waals surface area contributed by atoms with Crippen LogP contribution >= 0.6 is 0 Å². The molecule has 0 radical (unpaired) electrons. The van der Waals surface area contributed by atoms with Crippen LogP contribution < -0.4 is 5.32 Å². The first kappa shape index (κ1) is 12.8. The van der Waals surface area contributed by atoms with Gasteiger partial charge in [0.25, 0.3) is 5.69 Å². The predicted octanol–water partition coefficient (Wildman–Crippen LogP) is 2.88. The second-order valence-corrected chi connectivity index (χ2v) is 4.86. The second-order valence-electron chi connectivity index (χ2n) is 4.86. The molecule has 18 heavy (non-hydrogen) atoms. The first-order valence-corrected chi connectivity index (χ1v) is 6.19. The molecule has 2 unspecified atom stereocenters. The third-order valence-electron chi connectivity index (χ3n) is 3.13. The number of nitro groups is 1. The summed E-state index contributed by atoms with van der Waals surface area (Å²) in [6.45, 7) is 4.66. The minimum Gasteiger partial charge on any atom is -0.382 e. The largest absolute Gasteiger partial charge is 0.382 e. The van der Waals surface area contributed by atoms with E-state index >= 15 is 0 Å². The minimum atomic E-state index is -0.356. The third kappa shape index (κ3) is 3.20. The fourth-order valence-corrected chi connectivity index (χ4v) is 2.32. The molecule has 2 rings (SSSR count). The van der Waals surface area contributed by atoms with Gasteiger partial charge in [-0.15, -0.1) is 0 Å². The molecular formula is C13H18N2O3. The summed E-state index contributed by atoms with van der Waals surface area (Å²) >= 11 is 0. The normalized spacial score (nSPS) is 23.7. The first-order valence-electron chi connectivity index (χ1n) is 6.19. The number of nitrogens with zero attached hydrogens (tertiary/aromatic N) is 1. The molecule has 0 aromatic heterocycles. The average Bonchev–Trinajstić information content (AvgIpc) is 2.28. The summed E-state index contributed by atoms with van der Waals surface area (Å²) in [5.41, 5.74) is 1.85. The van der Waals surface area contributed by atoms with Gasteiger partial charge in [0.2, 0.25) is 0 Å². The van der Waals surface area contributed by atoms with Crippen LogP contribution in [0.2, 0.25) is 0 Å². The van der Waals surface area contributed by atoms with E-state index in [9.17, 15) is 10.1 Å². The molecule has 1 heterocycles. The lowest BCUT2D eigenvalue weighted by atomic mass is 10.0. The van der Waals surface area contributed by atoms with E-state index in [2.05, 4.69) is 5.32 Å². The zero-order chi connectivity index (χ0) is 13.1. The Kier molecular flexibility index (Phi) is 3.81. The van der Waals surface area contributed by atoms with Crippen molar-refractivity contribution < 1.29 is 9.66 Å². The number of aryl methyl sites for hydroxylation is 1. The predicted molar refractivity (Wildman–Crippen MR) is 69.9 cm³/mol. The summed E-state index contributed by atoms with van der Waals surface area (Å²) in [6, 6.07) is 5.44. The highest BCUT2D eigenvalue weighted by Crippen LogP contribution is 2.23. The number of anilines is 1. The number of benzene rings is 1. The van der Waals surface area contributed by atoms with Gasteiger partial charge in [-0.05, 0) is 38.3 Å². The van der Waals surface area contributed by atoms with E-state index in [-0.39, 0.29) is 16.7 Å². The van der Waals surface area contributed by atoms with Crippen LogP contribution in [0, 0.1) is 17.0 Å². The maximum atomic E-state index is 10.8. The number of nitro benzene ring substituents is 1. The van der Waals surface area contributed by atoms with Crippen molar-refractivity contribution in [3.8, 4) is 0 Å². The zero-order valence-electron chi connectivity index (χ0n) is 10.7. The Hall–Kier alpha value is -1.62. The Morgan fingerprint density at radius 2 is 2.22 bits per heavy atom. The van der Waals surface area contributed by atoms with E-state index < -0.39 is 0 Å². The fourth-order valence-electron chi connectivity index (χ4n) is 2.32. The molecule has 1 aromatic rings. The van der Waals surface area contributed by atoms with Crippen LogP contribution in [0.15, 0.2) is 18.2 Å². The number of nitrogens with one attached hydrogen (secondary N) is 1. The fraction of sp³-hybridized carbons (Fsp3) is 0.538. The summed E-state index contributed by atoms with van der Waals surface area (Å²) in [4.78, 5) is 10.5. The standard InChI is InChI=1S/C13H18N2O3/c1-9-5-12(8-13(6-9)15(16)17)14-11-3-4-18-10(2)7-11/h5-6,8,10-11,14H,3-4,7H2,1-2H3. The lowest BCUT2D eigenvalue weighted by Crippen LogP contribution is -2.32. The van der Waals surface area contributed by atoms with Gasteiger partial charge in [0.1, 0.15) is 0 Å². The monoisotopic (exact) mass is 250 g/mol. The van der Waals surface area contributed by atoms with Crippen molar-refractivity contribution in [1.82, 2.24) is 0 Å². The molecule has 1 aliphatic heterocycles. The third-order valence-corrected chi connectivity index (χ3v) is 3.13. The lowest BCUT2D eigenvalue weighted by molar-refractivity contribution is -0.384. The van der Waals surface area contributed by atoms with E-state index in [0.717, 1.165) is 30.7 Å². The molecule has 5 nitrogen and oxygen atoms in total. The molecule has 0 amide bonds. The Balaban J connectivity index is 2.10. The molecule has 5 heteroatoms. The molecule has 0 saturated carbocycles. The second kappa shape index (κ2) is 5.35. The van der Waals surface area contributed by atoms with Crippen molar-refractivity contribution in [1.29, 1.82) is 0 Å².